The van der Waals surface area contributed by atoms with E-state index in [9.17, 15) is 9.59 Å². The largest absolute Gasteiger partial charge is 0.444 e. The quantitative estimate of drug-likeness (QED) is 0.752. The van der Waals surface area contributed by atoms with Crippen molar-refractivity contribution in [1.29, 1.82) is 0 Å². The molecular formula is C13H23NO3. The molecule has 1 fully saturated rings. The first-order chi connectivity index (χ1) is 7.81. The van der Waals surface area contributed by atoms with Crippen LogP contribution in [0.4, 0.5) is 4.79 Å². The van der Waals surface area contributed by atoms with Crippen molar-refractivity contribution < 1.29 is 14.3 Å². The van der Waals surface area contributed by atoms with Gasteiger partial charge in [-0.2, -0.15) is 0 Å². The first-order valence-electron chi connectivity index (χ1n) is 6.26. The van der Waals surface area contributed by atoms with E-state index in [0.717, 1.165) is 12.2 Å². The zero-order chi connectivity index (χ0) is 13.1. The Labute approximate surface area is 103 Å². The molecule has 17 heavy (non-hydrogen) atoms. The van der Waals surface area contributed by atoms with Crippen LogP contribution in [0, 0.1) is 11.8 Å². The molecule has 1 aliphatic carbocycles. The highest BCUT2D eigenvalue weighted by Crippen LogP contribution is 2.38. The molecule has 4 nitrogen and oxygen atoms in total. The summed E-state index contributed by atoms with van der Waals surface area (Å²) in [5.74, 6) is 1.22. The zero-order valence-electron chi connectivity index (χ0n) is 11.2. The van der Waals surface area contributed by atoms with Crippen molar-refractivity contribution in [3.05, 3.63) is 0 Å². The molecule has 0 spiro atoms. The number of carbonyl (C=O) groups excluding carboxylic acids is 2. The Morgan fingerprint density at radius 3 is 2.47 bits per heavy atom. The van der Waals surface area contributed by atoms with Gasteiger partial charge in [-0.3, -0.25) is 0 Å². The summed E-state index contributed by atoms with van der Waals surface area (Å²) in [6, 6.07) is -0.430. The van der Waals surface area contributed by atoms with Crippen LogP contribution in [0.15, 0.2) is 0 Å². The summed E-state index contributed by atoms with van der Waals surface area (Å²) in [5, 5.41) is 2.61. The van der Waals surface area contributed by atoms with E-state index in [2.05, 4.69) is 12.2 Å². The third-order valence-corrected chi connectivity index (χ3v) is 2.92. The minimum Gasteiger partial charge on any atom is -0.444 e. The van der Waals surface area contributed by atoms with Crippen molar-refractivity contribution in [3.8, 4) is 0 Å². The van der Waals surface area contributed by atoms with Crippen LogP contribution in [-0.2, 0) is 9.53 Å². The van der Waals surface area contributed by atoms with Crippen molar-refractivity contribution in [2.75, 3.05) is 0 Å². The smallest absolute Gasteiger partial charge is 0.408 e. The fourth-order valence-corrected chi connectivity index (χ4v) is 1.87. The summed E-state index contributed by atoms with van der Waals surface area (Å²) in [6.45, 7) is 7.53. The maximum absolute atomic E-state index is 11.5. The summed E-state index contributed by atoms with van der Waals surface area (Å²) >= 11 is 0. The number of rotatable bonds is 5. The first-order valence-corrected chi connectivity index (χ1v) is 6.26. The molecule has 0 radical (unpaired) electrons. The molecule has 0 aromatic carbocycles. The van der Waals surface area contributed by atoms with Crippen molar-refractivity contribution in [2.24, 2.45) is 11.8 Å². The first kappa shape index (κ1) is 14.0. The highest BCUT2D eigenvalue weighted by molar-refractivity contribution is 5.73. The van der Waals surface area contributed by atoms with Crippen molar-refractivity contribution >= 4 is 12.4 Å². The molecule has 0 bridgehead atoms. The second-order valence-corrected chi connectivity index (χ2v) is 5.94. The fraction of sp³-hybridized carbons (Fsp3) is 0.846. The number of hydrogen-bond donors (Lipinski definition) is 1. The van der Waals surface area contributed by atoms with Gasteiger partial charge in [0, 0.05) is 0 Å². The van der Waals surface area contributed by atoms with E-state index in [-0.39, 0.29) is 0 Å². The normalized spacial score (nSPS) is 19.3. The van der Waals surface area contributed by atoms with Crippen molar-refractivity contribution in [1.82, 2.24) is 5.32 Å². The number of nitrogens with one attached hydrogen (secondary N) is 1. The van der Waals surface area contributed by atoms with Gasteiger partial charge < -0.3 is 14.8 Å². The molecule has 4 heteroatoms. The molecule has 0 saturated heterocycles. The Kier molecular flexibility index (Phi) is 4.54. The van der Waals surface area contributed by atoms with Gasteiger partial charge in [0.15, 0.2) is 0 Å². The molecule has 0 aromatic rings. The molecule has 1 saturated carbocycles. The van der Waals surface area contributed by atoms with Gasteiger partial charge >= 0.3 is 6.09 Å². The molecule has 1 rings (SSSR count). The number of carbonyl (C=O) groups is 2. The van der Waals surface area contributed by atoms with Crippen LogP contribution >= 0.6 is 0 Å². The van der Waals surface area contributed by atoms with E-state index in [1.54, 1.807) is 20.8 Å². The average molecular weight is 241 g/mol. The lowest BCUT2D eigenvalue weighted by molar-refractivity contribution is -0.110. The van der Waals surface area contributed by atoms with E-state index in [0.29, 0.717) is 12.3 Å². The zero-order valence-corrected chi connectivity index (χ0v) is 11.2. The SMILES string of the molecule is CC(CC(C=O)NC(=O)OC(C)(C)C)C1CC1. The minimum absolute atomic E-state index is 0.430. The topological polar surface area (TPSA) is 55.4 Å². The van der Waals surface area contributed by atoms with Crippen LogP contribution < -0.4 is 5.32 Å². The predicted octanol–water partition coefficient (Wildman–Crippen LogP) is 2.51. The van der Waals surface area contributed by atoms with Gasteiger partial charge in [0.25, 0.3) is 0 Å². The molecule has 2 atom stereocenters. The predicted molar refractivity (Wildman–Crippen MR) is 65.7 cm³/mol. The lowest BCUT2D eigenvalue weighted by Crippen LogP contribution is -2.40. The van der Waals surface area contributed by atoms with E-state index >= 15 is 0 Å². The highest BCUT2D eigenvalue weighted by atomic mass is 16.6. The van der Waals surface area contributed by atoms with Crippen LogP contribution in [0.5, 0.6) is 0 Å². The average Bonchev–Trinajstić information content (AvgIpc) is 2.96. The molecule has 1 amide bonds. The van der Waals surface area contributed by atoms with Crippen LogP contribution in [0.3, 0.4) is 0 Å². The molecule has 0 aliphatic heterocycles. The number of amides is 1. The summed E-state index contributed by atoms with van der Waals surface area (Å²) in [5.41, 5.74) is -0.528. The van der Waals surface area contributed by atoms with Gasteiger partial charge in [0.05, 0.1) is 6.04 Å². The Bertz CT molecular complexity index is 279. The molecule has 0 heterocycles. The van der Waals surface area contributed by atoms with E-state index < -0.39 is 17.7 Å². The monoisotopic (exact) mass is 241 g/mol. The summed E-state index contributed by atoms with van der Waals surface area (Å²) in [4.78, 5) is 22.4. The molecule has 0 aromatic heterocycles. The second-order valence-electron chi connectivity index (χ2n) is 5.94. The van der Waals surface area contributed by atoms with Gasteiger partial charge in [-0.25, -0.2) is 4.79 Å². The van der Waals surface area contributed by atoms with E-state index in [1.807, 2.05) is 0 Å². The van der Waals surface area contributed by atoms with Crippen molar-refractivity contribution in [3.63, 3.8) is 0 Å². The Hall–Kier alpha value is -1.06. The van der Waals surface area contributed by atoms with Gasteiger partial charge in [-0.1, -0.05) is 6.92 Å². The minimum atomic E-state index is -0.528. The molecule has 1 N–H and O–H groups in total. The second kappa shape index (κ2) is 5.52. The molecular weight excluding hydrogens is 218 g/mol. The molecule has 2 unspecified atom stereocenters. The molecule has 98 valence electrons. The maximum Gasteiger partial charge on any atom is 0.408 e. The maximum atomic E-state index is 11.5. The van der Waals surface area contributed by atoms with Crippen molar-refractivity contribution in [2.45, 2.75) is 58.6 Å². The number of aldehydes is 1. The third-order valence-electron chi connectivity index (χ3n) is 2.92. The van der Waals surface area contributed by atoms with Gasteiger partial charge in [-0.05, 0) is 51.9 Å². The number of alkyl carbamates (subject to hydrolysis) is 1. The lowest BCUT2D eigenvalue weighted by Gasteiger charge is -2.22. The number of hydrogen-bond acceptors (Lipinski definition) is 3. The van der Waals surface area contributed by atoms with Crippen LogP contribution in [0.1, 0.15) is 47.0 Å². The third kappa shape index (κ3) is 5.71. The van der Waals surface area contributed by atoms with E-state index in [1.165, 1.54) is 12.8 Å². The summed E-state index contributed by atoms with van der Waals surface area (Å²) in [7, 11) is 0. The highest BCUT2D eigenvalue weighted by Gasteiger charge is 2.30. The van der Waals surface area contributed by atoms with Crippen LogP contribution in [-0.4, -0.2) is 24.0 Å². The Balaban J connectivity index is 2.35. The Morgan fingerprint density at radius 1 is 1.47 bits per heavy atom. The fourth-order valence-electron chi connectivity index (χ4n) is 1.87. The van der Waals surface area contributed by atoms with Crippen LogP contribution in [0.2, 0.25) is 0 Å². The number of ether oxygens (including phenoxy) is 1. The van der Waals surface area contributed by atoms with Gasteiger partial charge in [-0.15, -0.1) is 0 Å². The summed E-state index contributed by atoms with van der Waals surface area (Å²) in [6.07, 6.45) is 3.48. The summed E-state index contributed by atoms with van der Waals surface area (Å²) < 4.78 is 5.12. The molecule has 1 aliphatic rings. The van der Waals surface area contributed by atoms with Gasteiger partial charge in [0.1, 0.15) is 11.9 Å². The standard InChI is InChI=1S/C13H23NO3/c1-9(10-5-6-10)7-11(8-15)14-12(16)17-13(2,3)4/h8-11H,5-7H2,1-4H3,(H,14,16). The Morgan fingerprint density at radius 2 is 2.06 bits per heavy atom. The van der Waals surface area contributed by atoms with E-state index in [4.69, 9.17) is 4.74 Å². The van der Waals surface area contributed by atoms with Gasteiger partial charge in [0.2, 0.25) is 0 Å². The van der Waals surface area contributed by atoms with Crippen LogP contribution in [0.25, 0.3) is 0 Å². The lowest BCUT2D eigenvalue weighted by atomic mass is 9.98.